The summed E-state index contributed by atoms with van der Waals surface area (Å²) in [7, 11) is 0. The number of hydrogen-bond donors (Lipinski definition) is 2. The first-order chi connectivity index (χ1) is 15.6. The van der Waals surface area contributed by atoms with Crippen molar-refractivity contribution in [2.45, 2.75) is 32.4 Å². The summed E-state index contributed by atoms with van der Waals surface area (Å²) in [6.07, 6.45) is 1.69. The maximum atomic E-state index is 12.9. The predicted octanol–water partition coefficient (Wildman–Crippen LogP) is 4.32. The summed E-state index contributed by atoms with van der Waals surface area (Å²) in [5.74, 6) is -0.0941. The van der Waals surface area contributed by atoms with Gasteiger partial charge in [-0.25, -0.2) is 0 Å². The summed E-state index contributed by atoms with van der Waals surface area (Å²) >= 11 is 0. The van der Waals surface area contributed by atoms with Gasteiger partial charge in [0.1, 0.15) is 0 Å². The second-order valence-electron chi connectivity index (χ2n) is 8.29. The molecule has 32 heavy (non-hydrogen) atoms. The van der Waals surface area contributed by atoms with Crippen LogP contribution in [0, 0.1) is 6.92 Å². The highest BCUT2D eigenvalue weighted by Crippen LogP contribution is 2.24. The van der Waals surface area contributed by atoms with Gasteiger partial charge >= 0.3 is 0 Å². The zero-order valence-corrected chi connectivity index (χ0v) is 18.4. The third-order valence-corrected chi connectivity index (χ3v) is 5.93. The molecule has 1 fully saturated rings. The molecule has 0 unspecified atom stereocenters. The third kappa shape index (κ3) is 5.35. The summed E-state index contributed by atoms with van der Waals surface area (Å²) < 4.78 is 0. The van der Waals surface area contributed by atoms with E-state index in [4.69, 9.17) is 0 Å². The summed E-state index contributed by atoms with van der Waals surface area (Å²) in [5.41, 5.74) is 4.54. The molecule has 0 radical (unpaired) electrons. The average molecular weight is 428 g/mol. The number of rotatable bonds is 6. The van der Waals surface area contributed by atoms with Gasteiger partial charge < -0.3 is 15.5 Å². The molecule has 0 atom stereocenters. The van der Waals surface area contributed by atoms with E-state index < -0.39 is 0 Å². The molecule has 1 aliphatic heterocycles. The molecule has 1 aliphatic rings. The van der Waals surface area contributed by atoms with Gasteiger partial charge in [-0.2, -0.15) is 0 Å². The summed E-state index contributed by atoms with van der Waals surface area (Å²) in [4.78, 5) is 27.6. The first-order valence-corrected chi connectivity index (χ1v) is 11.1. The minimum Gasteiger partial charge on any atom is -0.371 e. The van der Waals surface area contributed by atoms with Gasteiger partial charge in [-0.05, 0) is 49.6 Å². The lowest BCUT2D eigenvalue weighted by atomic mass is 10.0. The molecule has 0 saturated carbocycles. The van der Waals surface area contributed by atoms with E-state index in [0.29, 0.717) is 17.7 Å². The fraction of sp³-hybridized carbons (Fsp3) is 0.259. The molecule has 0 bridgehead atoms. The van der Waals surface area contributed by atoms with Gasteiger partial charge in [0.25, 0.3) is 11.8 Å². The Kier molecular flexibility index (Phi) is 6.85. The van der Waals surface area contributed by atoms with Crippen LogP contribution in [0.2, 0.25) is 0 Å². The minimum absolute atomic E-state index is 0.0239. The SMILES string of the molecule is Cc1ccc(C(=O)NC2CCN(c3ccccc3C(=O)NCc3ccccc3)CC2)cc1. The Morgan fingerprint density at radius 2 is 1.50 bits per heavy atom. The van der Waals surface area contributed by atoms with Crippen LogP contribution in [0.4, 0.5) is 5.69 Å². The Morgan fingerprint density at radius 3 is 2.22 bits per heavy atom. The van der Waals surface area contributed by atoms with Crippen LogP contribution in [0.5, 0.6) is 0 Å². The number of benzene rings is 3. The van der Waals surface area contributed by atoms with E-state index in [0.717, 1.165) is 42.7 Å². The molecule has 2 amide bonds. The largest absolute Gasteiger partial charge is 0.371 e. The number of carbonyl (C=O) groups is 2. The van der Waals surface area contributed by atoms with Crippen molar-refractivity contribution >= 4 is 17.5 Å². The van der Waals surface area contributed by atoms with E-state index in [1.165, 1.54) is 0 Å². The van der Waals surface area contributed by atoms with Crippen molar-refractivity contribution in [3.8, 4) is 0 Å². The Morgan fingerprint density at radius 1 is 0.844 bits per heavy atom. The third-order valence-electron chi connectivity index (χ3n) is 5.93. The molecular weight excluding hydrogens is 398 g/mol. The predicted molar refractivity (Wildman–Crippen MR) is 128 cm³/mol. The Bertz CT molecular complexity index is 1060. The molecule has 2 N–H and O–H groups in total. The average Bonchev–Trinajstić information content (AvgIpc) is 2.84. The summed E-state index contributed by atoms with van der Waals surface area (Å²) in [5, 5.41) is 6.19. The van der Waals surface area contributed by atoms with Crippen LogP contribution in [0.15, 0.2) is 78.9 Å². The zero-order chi connectivity index (χ0) is 22.3. The Balaban J connectivity index is 1.35. The first kappa shape index (κ1) is 21.6. The number of nitrogens with one attached hydrogen (secondary N) is 2. The van der Waals surface area contributed by atoms with Gasteiger partial charge in [-0.1, -0.05) is 60.2 Å². The lowest BCUT2D eigenvalue weighted by Crippen LogP contribution is -2.45. The van der Waals surface area contributed by atoms with E-state index in [1.54, 1.807) is 0 Å². The number of piperidine rings is 1. The molecule has 4 rings (SSSR count). The van der Waals surface area contributed by atoms with Gasteiger partial charge in [0.2, 0.25) is 0 Å². The van der Waals surface area contributed by atoms with Crippen molar-refractivity contribution in [3.63, 3.8) is 0 Å². The molecule has 164 valence electrons. The van der Waals surface area contributed by atoms with Crippen LogP contribution in [0.3, 0.4) is 0 Å². The Labute approximate surface area is 189 Å². The maximum absolute atomic E-state index is 12.9. The molecule has 1 heterocycles. The van der Waals surface area contributed by atoms with Gasteiger partial charge in [0.05, 0.1) is 5.56 Å². The lowest BCUT2D eigenvalue weighted by molar-refractivity contribution is 0.0929. The maximum Gasteiger partial charge on any atom is 0.253 e. The number of hydrogen-bond acceptors (Lipinski definition) is 3. The van der Waals surface area contributed by atoms with E-state index in [9.17, 15) is 9.59 Å². The fourth-order valence-electron chi connectivity index (χ4n) is 4.05. The van der Waals surface area contributed by atoms with Gasteiger partial charge in [0.15, 0.2) is 0 Å². The molecule has 5 nitrogen and oxygen atoms in total. The highest BCUT2D eigenvalue weighted by Gasteiger charge is 2.24. The standard InChI is InChI=1S/C27H29N3O2/c1-20-11-13-22(14-12-20)26(31)29-23-15-17-30(18-16-23)25-10-6-5-9-24(25)27(32)28-19-21-7-3-2-4-8-21/h2-14,23H,15-19H2,1H3,(H,28,32)(H,29,31). The Hall–Kier alpha value is -3.60. The van der Waals surface area contributed by atoms with Gasteiger partial charge in [-0.3, -0.25) is 9.59 Å². The molecular formula is C27H29N3O2. The van der Waals surface area contributed by atoms with E-state index >= 15 is 0 Å². The molecule has 0 aromatic heterocycles. The van der Waals surface area contributed by atoms with Crippen molar-refractivity contribution in [1.82, 2.24) is 10.6 Å². The molecule has 0 aliphatic carbocycles. The van der Waals surface area contributed by atoms with Crippen LogP contribution in [-0.4, -0.2) is 30.9 Å². The second kappa shape index (κ2) is 10.1. The monoisotopic (exact) mass is 427 g/mol. The van der Waals surface area contributed by atoms with Crippen molar-refractivity contribution in [1.29, 1.82) is 0 Å². The number of carbonyl (C=O) groups excluding carboxylic acids is 2. The number of aryl methyl sites for hydroxylation is 1. The second-order valence-corrected chi connectivity index (χ2v) is 8.29. The van der Waals surface area contributed by atoms with Crippen molar-refractivity contribution < 1.29 is 9.59 Å². The lowest BCUT2D eigenvalue weighted by Gasteiger charge is -2.35. The van der Waals surface area contributed by atoms with E-state index in [1.807, 2.05) is 85.8 Å². The number of nitrogens with zero attached hydrogens (tertiary/aromatic N) is 1. The smallest absolute Gasteiger partial charge is 0.253 e. The molecule has 3 aromatic rings. The van der Waals surface area contributed by atoms with Crippen LogP contribution in [-0.2, 0) is 6.54 Å². The van der Waals surface area contributed by atoms with Crippen molar-refractivity contribution in [2.75, 3.05) is 18.0 Å². The fourth-order valence-corrected chi connectivity index (χ4v) is 4.05. The van der Waals surface area contributed by atoms with Gasteiger partial charge in [-0.15, -0.1) is 0 Å². The van der Waals surface area contributed by atoms with Crippen LogP contribution in [0.25, 0.3) is 0 Å². The van der Waals surface area contributed by atoms with Crippen LogP contribution < -0.4 is 15.5 Å². The topological polar surface area (TPSA) is 61.4 Å². The van der Waals surface area contributed by atoms with E-state index in [-0.39, 0.29) is 17.9 Å². The minimum atomic E-state index is -0.0701. The van der Waals surface area contributed by atoms with Crippen molar-refractivity contribution in [3.05, 3.63) is 101 Å². The summed E-state index contributed by atoms with van der Waals surface area (Å²) in [6.45, 7) is 4.10. The van der Waals surface area contributed by atoms with Crippen LogP contribution in [0.1, 0.15) is 44.7 Å². The first-order valence-electron chi connectivity index (χ1n) is 11.1. The van der Waals surface area contributed by atoms with Gasteiger partial charge in [0, 0.05) is 36.9 Å². The molecule has 3 aromatic carbocycles. The molecule has 5 heteroatoms. The molecule has 1 saturated heterocycles. The number of anilines is 1. The zero-order valence-electron chi connectivity index (χ0n) is 18.4. The number of para-hydroxylation sites is 1. The van der Waals surface area contributed by atoms with Crippen LogP contribution >= 0.6 is 0 Å². The quantitative estimate of drug-likeness (QED) is 0.616. The van der Waals surface area contributed by atoms with Crippen molar-refractivity contribution in [2.24, 2.45) is 0 Å². The summed E-state index contributed by atoms with van der Waals surface area (Å²) in [6, 6.07) is 25.4. The normalized spacial score (nSPS) is 14.1. The highest BCUT2D eigenvalue weighted by molar-refractivity contribution is 5.99. The highest BCUT2D eigenvalue weighted by atomic mass is 16.2. The molecule has 0 spiro atoms. The number of amides is 2. The van der Waals surface area contributed by atoms with E-state index in [2.05, 4.69) is 15.5 Å².